The lowest BCUT2D eigenvalue weighted by Gasteiger charge is -2.28. The molecule has 0 aromatic rings. The van der Waals surface area contributed by atoms with Gasteiger partial charge in [-0.1, -0.05) is 13.8 Å². The molecule has 1 fully saturated rings. The molecular weight excluding hydrogens is 302 g/mol. The monoisotopic (exact) mass is 320 g/mol. The normalized spacial score (nSPS) is 19.1. The highest BCUT2D eigenvalue weighted by Gasteiger charge is 2.42. The molecule has 2 unspecified atom stereocenters. The van der Waals surface area contributed by atoms with Gasteiger partial charge in [-0.2, -0.15) is 8.78 Å². The molecule has 2 amide bonds. The third kappa shape index (κ3) is 3.92. The highest BCUT2D eigenvalue weighted by molar-refractivity contribution is 5.90. The molecular formula is C13H18F2N2O5. The summed E-state index contributed by atoms with van der Waals surface area (Å²) in [7, 11) is 1.12. The zero-order valence-corrected chi connectivity index (χ0v) is 12.4. The fourth-order valence-electron chi connectivity index (χ4n) is 2.19. The maximum Gasteiger partial charge on any atom is 0.407 e. The topological polar surface area (TPSA) is 95.9 Å². The van der Waals surface area contributed by atoms with E-state index in [2.05, 4.69) is 10.1 Å². The zero-order chi connectivity index (χ0) is 17.0. The van der Waals surface area contributed by atoms with Crippen LogP contribution in [0.25, 0.3) is 0 Å². The van der Waals surface area contributed by atoms with Crippen LogP contribution in [0.2, 0.25) is 0 Å². The summed E-state index contributed by atoms with van der Waals surface area (Å²) in [6.45, 7) is 2.80. The fourth-order valence-corrected chi connectivity index (χ4v) is 2.19. The van der Waals surface area contributed by atoms with Crippen LogP contribution >= 0.6 is 0 Å². The first-order valence-electron chi connectivity index (χ1n) is 6.59. The van der Waals surface area contributed by atoms with Crippen LogP contribution in [-0.4, -0.2) is 53.7 Å². The van der Waals surface area contributed by atoms with Crippen LogP contribution in [0.1, 0.15) is 20.3 Å². The molecule has 9 heteroatoms. The van der Waals surface area contributed by atoms with E-state index in [0.717, 1.165) is 12.0 Å². The molecule has 2 atom stereocenters. The predicted molar refractivity (Wildman–Crippen MR) is 71.2 cm³/mol. The molecule has 0 bridgehead atoms. The number of rotatable bonds is 4. The largest absolute Gasteiger partial charge is 0.480 e. The number of nitrogens with one attached hydrogen (secondary N) is 1. The minimum absolute atomic E-state index is 0.371. The molecule has 0 aromatic carbocycles. The number of amides is 2. The molecule has 1 rings (SSSR count). The number of nitrogens with zero attached hydrogens (tertiary/aromatic N) is 1. The lowest BCUT2D eigenvalue weighted by atomic mass is 10.0. The highest BCUT2D eigenvalue weighted by Crippen LogP contribution is 2.28. The van der Waals surface area contributed by atoms with Gasteiger partial charge in [-0.15, -0.1) is 0 Å². The second kappa shape index (κ2) is 7.19. The maximum absolute atomic E-state index is 12.7. The number of carboxylic acids is 1. The molecule has 124 valence electrons. The van der Waals surface area contributed by atoms with Crippen molar-refractivity contribution >= 4 is 18.0 Å². The molecule has 0 spiro atoms. The first-order valence-corrected chi connectivity index (χ1v) is 6.59. The first kappa shape index (κ1) is 17.9. The van der Waals surface area contributed by atoms with E-state index >= 15 is 0 Å². The maximum atomic E-state index is 12.7. The van der Waals surface area contributed by atoms with E-state index in [9.17, 15) is 23.2 Å². The number of halogens is 2. The van der Waals surface area contributed by atoms with Gasteiger partial charge in [0.1, 0.15) is 12.1 Å². The van der Waals surface area contributed by atoms with Gasteiger partial charge < -0.3 is 20.1 Å². The SMILES string of the molecule is COC(=O)NC(C(=O)N1CC(=C(F)F)CC1C(=O)O)C(C)C. The third-order valence-corrected chi connectivity index (χ3v) is 3.40. The van der Waals surface area contributed by atoms with Gasteiger partial charge in [-0.05, 0) is 5.92 Å². The molecule has 22 heavy (non-hydrogen) atoms. The van der Waals surface area contributed by atoms with Crippen molar-refractivity contribution in [3.05, 3.63) is 11.7 Å². The van der Waals surface area contributed by atoms with Gasteiger partial charge >= 0.3 is 12.1 Å². The zero-order valence-electron chi connectivity index (χ0n) is 12.4. The lowest BCUT2D eigenvalue weighted by Crippen LogP contribution is -2.53. The van der Waals surface area contributed by atoms with Crippen molar-refractivity contribution in [1.29, 1.82) is 0 Å². The summed E-state index contributed by atoms with van der Waals surface area (Å²) in [5, 5.41) is 11.4. The molecule has 0 saturated carbocycles. The number of ether oxygens (including phenoxy) is 1. The molecule has 1 aliphatic heterocycles. The Hall–Kier alpha value is -2.19. The van der Waals surface area contributed by atoms with Crippen LogP contribution in [0.3, 0.4) is 0 Å². The molecule has 1 heterocycles. The van der Waals surface area contributed by atoms with Crippen LogP contribution in [0.15, 0.2) is 11.7 Å². The number of aliphatic carboxylic acids is 1. The van der Waals surface area contributed by atoms with Gasteiger partial charge in [0.2, 0.25) is 5.91 Å². The number of methoxy groups -OCH3 is 1. The van der Waals surface area contributed by atoms with E-state index in [0.29, 0.717) is 0 Å². The Morgan fingerprint density at radius 1 is 1.36 bits per heavy atom. The van der Waals surface area contributed by atoms with Crippen molar-refractivity contribution in [3.8, 4) is 0 Å². The van der Waals surface area contributed by atoms with Gasteiger partial charge in [0.05, 0.1) is 7.11 Å². The van der Waals surface area contributed by atoms with E-state index in [4.69, 9.17) is 5.11 Å². The number of alkyl carbamates (subject to hydrolysis) is 1. The number of carbonyl (C=O) groups excluding carboxylic acids is 2. The van der Waals surface area contributed by atoms with Gasteiger partial charge in [-0.25, -0.2) is 9.59 Å². The molecule has 1 aliphatic rings. The predicted octanol–water partition coefficient (Wildman–Crippen LogP) is 1.20. The number of hydrogen-bond acceptors (Lipinski definition) is 4. The molecule has 7 nitrogen and oxygen atoms in total. The fraction of sp³-hybridized carbons (Fsp3) is 0.615. The molecule has 1 saturated heterocycles. The Kier molecular flexibility index (Phi) is 5.84. The summed E-state index contributed by atoms with van der Waals surface area (Å²) >= 11 is 0. The first-order chi connectivity index (χ1) is 10.2. The van der Waals surface area contributed by atoms with Crippen LogP contribution < -0.4 is 5.32 Å². The average Bonchev–Trinajstić information content (AvgIpc) is 2.88. The second-order valence-electron chi connectivity index (χ2n) is 5.25. The second-order valence-corrected chi connectivity index (χ2v) is 5.25. The van der Waals surface area contributed by atoms with Crippen molar-refractivity contribution in [3.63, 3.8) is 0 Å². The molecule has 0 radical (unpaired) electrons. The van der Waals surface area contributed by atoms with Crippen LogP contribution in [0, 0.1) is 5.92 Å². The summed E-state index contributed by atoms with van der Waals surface area (Å²) < 4.78 is 29.8. The van der Waals surface area contributed by atoms with Gasteiger partial charge in [-0.3, -0.25) is 4.79 Å². The van der Waals surface area contributed by atoms with Crippen molar-refractivity contribution in [2.75, 3.05) is 13.7 Å². The lowest BCUT2D eigenvalue weighted by molar-refractivity contribution is -0.149. The Bertz CT molecular complexity index is 503. The average molecular weight is 320 g/mol. The highest BCUT2D eigenvalue weighted by atomic mass is 19.3. The summed E-state index contributed by atoms with van der Waals surface area (Å²) in [6, 6.07) is -2.43. The molecule has 0 aliphatic carbocycles. The minimum atomic E-state index is -1.98. The quantitative estimate of drug-likeness (QED) is 0.811. The smallest absolute Gasteiger partial charge is 0.407 e. The molecule has 2 N–H and O–H groups in total. The van der Waals surface area contributed by atoms with Gasteiger partial charge in [0.15, 0.2) is 0 Å². The number of carboxylic acid groups (broad SMARTS) is 1. The van der Waals surface area contributed by atoms with Crippen molar-refractivity contribution < 1.29 is 33.0 Å². The van der Waals surface area contributed by atoms with Gasteiger partial charge in [0, 0.05) is 18.5 Å². The van der Waals surface area contributed by atoms with Crippen molar-refractivity contribution in [2.45, 2.75) is 32.4 Å². The van der Waals surface area contributed by atoms with E-state index in [1.807, 2.05) is 0 Å². The van der Waals surface area contributed by atoms with E-state index in [1.165, 1.54) is 0 Å². The summed E-state index contributed by atoms with van der Waals surface area (Å²) in [5.74, 6) is -2.47. The Morgan fingerprint density at radius 3 is 2.36 bits per heavy atom. The number of likely N-dealkylation sites (tertiary alicyclic amines) is 1. The summed E-state index contributed by atoms with van der Waals surface area (Å²) in [4.78, 5) is 35.8. The summed E-state index contributed by atoms with van der Waals surface area (Å²) in [5.41, 5.74) is -0.388. The number of hydrogen-bond donors (Lipinski definition) is 2. The van der Waals surface area contributed by atoms with Crippen LogP contribution in [0.4, 0.5) is 13.6 Å². The van der Waals surface area contributed by atoms with E-state index in [-0.39, 0.29) is 11.5 Å². The van der Waals surface area contributed by atoms with Crippen LogP contribution in [-0.2, 0) is 14.3 Å². The van der Waals surface area contributed by atoms with Crippen molar-refractivity contribution in [1.82, 2.24) is 10.2 Å². The Morgan fingerprint density at radius 2 is 1.95 bits per heavy atom. The molecule has 0 aromatic heterocycles. The van der Waals surface area contributed by atoms with Gasteiger partial charge in [0.25, 0.3) is 6.08 Å². The standard InChI is InChI=1S/C13H18F2N2O5/c1-6(2)9(16-13(21)22-3)11(18)17-5-7(10(14)15)4-8(17)12(19)20/h6,8-9H,4-5H2,1-3H3,(H,16,21)(H,19,20). The summed E-state index contributed by atoms with van der Waals surface area (Å²) in [6.07, 6.45) is -3.26. The van der Waals surface area contributed by atoms with E-state index in [1.54, 1.807) is 13.8 Å². The minimum Gasteiger partial charge on any atom is -0.480 e. The van der Waals surface area contributed by atoms with E-state index < -0.39 is 49.1 Å². The Labute approximate surface area is 125 Å². The third-order valence-electron chi connectivity index (χ3n) is 3.40. The Balaban J connectivity index is 3.03. The van der Waals surface area contributed by atoms with Crippen molar-refractivity contribution in [2.24, 2.45) is 5.92 Å². The number of carbonyl (C=O) groups is 3. The van der Waals surface area contributed by atoms with Crippen LogP contribution in [0.5, 0.6) is 0 Å².